The zero-order valence-corrected chi connectivity index (χ0v) is 11.9. The Bertz CT molecular complexity index is 479. The van der Waals surface area contributed by atoms with Gasteiger partial charge in [0.25, 0.3) is 0 Å². The number of likely N-dealkylation sites (N-methyl/N-ethyl adjacent to an activating group) is 1. The second kappa shape index (κ2) is 6.67. The summed E-state index contributed by atoms with van der Waals surface area (Å²) in [5, 5.41) is 12.3. The Balaban J connectivity index is 1.99. The predicted molar refractivity (Wildman–Crippen MR) is 76.3 cm³/mol. The number of aromatic nitrogens is 1. The zero-order valence-electron chi connectivity index (χ0n) is 11.9. The normalized spacial score (nSPS) is 19.8. The van der Waals surface area contributed by atoms with E-state index in [9.17, 15) is 4.79 Å². The van der Waals surface area contributed by atoms with E-state index in [4.69, 9.17) is 9.84 Å². The third-order valence-corrected chi connectivity index (χ3v) is 3.46. The van der Waals surface area contributed by atoms with Crippen LogP contribution in [0.15, 0.2) is 12.3 Å². The molecule has 1 fully saturated rings. The van der Waals surface area contributed by atoms with Crippen LogP contribution in [0.3, 0.4) is 0 Å². The molecular formula is C14H21N3O3. The molecule has 1 atom stereocenters. The summed E-state index contributed by atoms with van der Waals surface area (Å²) in [5.74, 6) is -0.972. The van der Waals surface area contributed by atoms with Crippen molar-refractivity contribution in [1.82, 2.24) is 9.88 Å². The lowest BCUT2D eigenvalue weighted by Gasteiger charge is -2.32. The van der Waals surface area contributed by atoms with E-state index in [1.165, 1.54) is 6.20 Å². The Kier molecular flexibility index (Phi) is 4.92. The van der Waals surface area contributed by atoms with Crippen LogP contribution in [0.2, 0.25) is 0 Å². The van der Waals surface area contributed by atoms with Gasteiger partial charge in [0.1, 0.15) is 5.56 Å². The first-order chi connectivity index (χ1) is 9.60. The Morgan fingerprint density at radius 1 is 1.65 bits per heavy atom. The topological polar surface area (TPSA) is 74.7 Å². The molecule has 1 aliphatic heterocycles. The maximum atomic E-state index is 11.2. The molecule has 0 aliphatic carbocycles. The van der Waals surface area contributed by atoms with Crippen molar-refractivity contribution in [2.24, 2.45) is 0 Å². The second-order valence-corrected chi connectivity index (χ2v) is 4.94. The van der Waals surface area contributed by atoms with Crippen molar-refractivity contribution in [1.29, 1.82) is 0 Å². The number of carboxylic acid groups (broad SMARTS) is 1. The summed E-state index contributed by atoms with van der Waals surface area (Å²) in [7, 11) is 0. The fourth-order valence-corrected chi connectivity index (χ4v) is 2.29. The minimum absolute atomic E-state index is 0.0822. The van der Waals surface area contributed by atoms with Crippen molar-refractivity contribution in [3.8, 4) is 0 Å². The van der Waals surface area contributed by atoms with Crippen molar-refractivity contribution in [2.45, 2.75) is 20.0 Å². The van der Waals surface area contributed by atoms with Crippen LogP contribution in [0.25, 0.3) is 0 Å². The van der Waals surface area contributed by atoms with E-state index in [1.54, 1.807) is 6.07 Å². The molecule has 2 heterocycles. The number of carbonyl (C=O) groups is 1. The van der Waals surface area contributed by atoms with Gasteiger partial charge in [0.2, 0.25) is 0 Å². The van der Waals surface area contributed by atoms with Gasteiger partial charge in [-0.2, -0.15) is 0 Å². The van der Waals surface area contributed by atoms with Gasteiger partial charge in [-0.25, -0.2) is 4.79 Å². The summed E-state index contributed by atoms with van der Waals surface area (Å²) in [6, 6.07) is 1.75. The number of hydrogen-bond donors (Lipinski definition) is 2. The van der Waals surface area contributed by atoms with E-state index < -0.39 is 5.97 Å². The number of morpholine rings is 1. The van der Waals surface area contributed by atoms with Crippen LogP contribution in [0.5, 0.6) is 0 Å². The van der Waals surface area contributed by atoms with Crippen LogP contribution >= 0.6 is 0 Å². The lowest BCUT2D eigenvalue weighted by Crippen LogP contribution is -2.45. The van der Waals surface area contributed by atoms with Gasteiger partial charge in [0.15, 0.2) is 0 Å². The molecule has 0 amide bonds. The van der Waals surface area contributed by atoms with Crippen molar-refractivity contribution in [2.75, 3.05) is 38.1 Å². The summed E-state index contributed by atoms with van der Waals surface area (Å²) >= 11 is 0. The fourth-order valence-electron chi connectivity index (χ4n) is 2.29. The van der Waals surface area contributed by atoms with Gasteiger partial charge in [0, 0.05) is 31.5 Å². The minimum atomic E-state index is -0.972. The Hall–Kier alpha value is -1.66. The van der Waals surface area contributed by atoms with Crippen LogP contribution in [-0.2, 0) is 4.74 Å². The van der Waals surface area contributed by atoms with E-state index >= 15 is 0 Å². The third-order valence-electron chi connectivity index (χ3n) is 3.46. The average molecular weight is 279 g/mol. The van der Waals surface area contributed by atoms with Crippen LogP contribution in [0, 0.1) is 6.92 Å². The standard InChI is InChI=1S/C14H21N3O3/c1-3-17-4-5-20-11(9-17)7-16-13-6-10(2)15-8-12(13)14(18)19/h6,8,11H,3-5,7,9H2,1-2H3,(H,15,16)(H,18,19). The SMILES string of the molecule is CCN1CCOC(CNc2cc(C)ncc2C(=O)O)C1. The average Bonchev–Trinajstić information content (AvgIpc) is 2.45. The van der Waals surface area contributed by atoms with Gasteiger partial charge in [-0.3, -0.25) is 9.88 Å². The number of nitrogens with zero attached hydrogens (tertiary/aromatic N) is 2. The summed E-state index contributed by atoms with van der Waals surface area (Å²) in [5.41, 5.74) is 1.58. The van der Waals surface area contributed by atoms with Crippen molar-refractivity contribution in [3.05, 3.63) is 23.5 Å². The van der Waals surface area contributed by atoms with E-state index in [1.807, 2.05) is 6.92 Å². The molecule has 0 saturated carbocycles. The van der Waals surface area contributed by atoms with E-state index in [0.717, 1.165) is 31.9 Å². The lowest BCUT2D eigenvalue weighted by atomic mass is 10.2. The number of rotatable bonds is 5. The molecule has 2 N–H and O–H groups in total. The quantitative estimate of drug-likeness (QED) is 0.844. The van der Waals surface area contributed by atoms with Gasteiger partial charge in [-0.1, -0.05) is 6.92 Å². The highest BCUT2D eigenvalue weighted by molar-refractivity contribution is 5.93. The molecule has 6 nitrogen and oxygen atoms in total. The molecule has 0 spiro atoms. The molecule has 1 unspecified atom stereocenters. The number of hydrogen-bond acceptors (Lipinski definition) is 5. The molecule has 1 aliphatic rings. The number of nitrogens with one attached hydrogen (secondary N) is 1. The van der Waals surface area contributed by atoms with Crippen molar-refractivity contribution < 1.29 is 14.6 Å². The van der Waals surface area contributed by atoms with Crippen LogP contribution in [0.1, 0.15) is 23.0 Å². The number of pyridine rings is 1. The molecule has 0 bridgehead atoms. The Morgan fingerprint density at radius 2 is 2.45 bits per heavy atom. The van der Waals surface area contributed by atoms with Crippen LogP contribution < -0.4 is 5.32 Å². The monoisotopic (exact) mass is 279 g/mol. The third kappa shape index (κ3) is 3.68. The zero-order chi connectivity index (χ0) is 14.5. The molecule has 2 rings (SSSR count). The van der Waals surface area contributed by atoms with E-state index in [-0.39, 0.29) is 11.7 Å². The fraction of sp³-hybridized carbons (Fsp3) is 0.571. The summed E-state index contributed by atoms with van der Waals surface area (Å²) < 4.78 is 5.70. The van der Waals surface area contributed by atoms with Gasteiger partial charge < -0.3 is 15.2 Å². The second-order valence-electron chi connectivity index (χ2n) is 4.94. The first kappa shape index (κ1) is 14.7. The summed E-state index contributed by atoms with van der Waals surface area (Å²) in [4.78, 5) is 17.5. The predicted octanol–water partition coefficient (Wildman–Crippen LogP) is 1.22. The number of carboxylic acids is 1. The smallest absolute Gasteiger partial charge is 0.339 e. The molecule has 20 heavy (non-hydrogen) atoms. The number of aryl methyl sites for hydroxylation is 1. The van der Waals surface area contributed by atoms with Crippen LogP contribution in [0.4, 0.5) is 5.69 Å². The number of anilines is 1. The van der Waals surface area contributed by atoms with E-state index in [2.05, 4.69) is 22.1 Å². The molecule has 0 aromatic carbocycles. The maximum Gasteiger partial charge on any atom is 0.339 e. The first-order valence-electron chi connectivity index (χ1n) is 6.88. The van der Waals surface area contributed by atoms with E-state index in [0.29, 0.717) is 12.2 Å². The number of ether oxygens (including phenoxy) is 1. The minimum Gasteiger partial charge on any atom is -0.478 e. The molecular weight excluding hydrogens is 258 g/mol. The summed E-state index contributed by atoms with van der Waals surface area (Å²) in [6.45, 7) is 8.13. The van der Waals surface area contributed by atoms with Crippen molar-refractivity contribution >= 4 is 11.7 Å². The molecule has 0 radical (unpaired) electrons. The highest BCUT2D eigenvalue weighted by Crippen LogP contribution is 2.16. The van der Waals surface area contributed by atoms with Gasteiger partial charge in [0.05, 0.1) is 18.4 Å². The van der Waals surface area contributed by atoms with Gasteiger partial charge >= 0.3 is 5.97 Å². The molecule has 1 saturated heterocycles. The largest absolute Gasteiger partial charge is 0.478 e. The summed E-state index contributed by atoms with van der Waals surface area (Å²) in [6.07, 6.45) is 1.47. The van der Waals surface area contributed by atoms with Gasteiger partial charge in [-0.15, -0.1) is 0 Å². The highest BCUT2D eigenvalue weighted by atomic mass is 16.5. The lowest BCUT2D eigenvalue weighted by molar-refractivity contribution is -0.0191. The molecule has 110 valence electrons. The highest BCUT2D eigenvalue weighted by Gasteiger charge is 2.20. The Labute approximate surface area is 118 Å². The molecule has 1 aromatic rings. The first-order valence-corrected chi connectivity index (χ1v) is 6.88. The maximum absolute atomic E-state index is 11.2. The van der Waals surface area contributed by atoms with Crippen LogP contribution in [-0.4, -0.2) is 59.8 Å². The van der Waals surface area contributed by atoms with Crippen molar-refractivity contribution in [3.63, 3.8) is 0 Å². The molecule has 1 aromatic heterocycles. The number of aromatic carboxylic acids is 1. The Morgan fingerprint density at radius 3 is 3.15 bits per heavy atom. The van der Waals surface area contributed by atoms with Gasteiger partial charge in [-0.05, 0) is 19.5 Å². The molecule has 6 heteroatoms.